The van der Waals surface area contributed by atoms with Gasteiger partial charge in [-0.1, -0.05) is 18.2 Å². The highest BCUT2D eigenvalue weighted by atomic mass is 16.5. The minimum atomic E-state index is -0.338. The molecule has 0 saturated heterocycles. The quantitative estimate of drug-likeness (QED) is 0.756. The normalized spacial score (nSPS) is 11.8. The molecule has 0 spiro atoms. The van der Waals surface area contributed by atoms with Gasteiger partial charge in [0.15, 0.2) is 5.65 Å². The molecule has 0 bridgehead atoms. The van der Waals surface area contributed by atoms with Crippen molar-refractivity contribution in [3.63, 3.8) is 0 Å². The van der Waals surface area contributed by atoms with Crippen LogP contribution in [0.5, 0.6) is 5.75 Å². The summed E-state index contributed by atoms with van der Waals surface area (Å²) in [6.45, 7) is 7.28. The fourth-order valence-electron chi connectivity index (χ4n) is 2.70. The number of hydrogen-bond donors (Lipinski definition) is 1. The smallest absolute Gasteiger partial charge is 0.160 e. The summed E-state index contributed by atoms with van der Waals surface area (Å²) in [6.07, 6.45) is 2.58. The first kappa shape index (κ1) is 16.5. The van der Waals surface area contributed by atoms with Gasteiger partial charge in [-0.05, 0) is 44.5 Å². The lowest BCUT2D eigenvalue weighted by Crippen LogP contribution is -2.37. The lowest BCUT2D eigenvalue weighted by Gasteiger charge is -2.21. The highest BCUT2D eigenvalue weighted by molar-refractivity contribution is 5.72. The van der Waals surface area contributed by atoms with Crippen molar-refractivity contribution < 1.29 is 4.74 Å². The van der Waals surface area contributed by atoms with E-state index in [1.165, 1.54) is 0 Å². The Morgan fingerprint density at radius 2 is 1.96 bits per heavy atom. The van der Waals surface area contributed by atoms with Crippen LogP contribution in [0.15, 0.2) is 42.6 Å². The zero-order valence-corrected chi connectivity index (χ0v) is 14.5. The molecule has 0 unspecified atom stereocenters. The van der Waals surface area contributed by atoms with Gasteiger partial charge in [-0.3, -0.25) is 0 Å². The van der Waals surface area contributed by atoms with Crippen molar-refractivity contribution in [2.75, 3.05) is 6.61 Å². The zero-order valence-electron chi connectivity index (χ0n) is 14.5. The van der Waals surface area contributed by atoms with Crippen LogP contribution in [-0.2, 0) is 13.0 Å². The number of para-hydroxylation sites is 1. The maximum atomic E-state index is 6.23. The monoisotopic (exact) mass is 324 g/mol. The Morgan fingerprint density at radius 1 is 1.21 bits per heavy atom. The summed E-state index contributed by atoms with van der Waals surface area (Å²) in [7, 11) is 0. The van der Waals surface area contributed by atoms with Crippen molar-refractivity contribution >= 4 is 11.2 Å². The number of imidazole rings is 1. The maximum Gasteiger partial charge on any atom is 0.160 e. The van der Waals surface area contributed by atoms with E-state index in [4.69, 9.17) is 15.5 Å². The molecular formula is C19H24N4O. The number of rotatable bonds is 6. The first-order valence-corrected chi connectivity index (χ1v) is 8.21. The van der Waals surface area contributed by atoms with Gasteiger partial charge in [-0.2, -0.15) is 0 Å². The third-order valence-corrected chi connectivity index (χ3v) is 3.70. The van der Waals surface area contributed by atoms with Crippen molar-refractivity contribution in [1.82, 2.24) is 14.5 Å². The average molecular weight is 324 g/mol. The molecule has 3 rings (SSSR count). The topological polar surface area (TPSA) is 66.0 Å². The predicted molar refractivity (Wildman–Crippen MR) is 96.2 cm³/mol. The summed E-state index contributed by atoms with van der Waals surface area (Å²) in [5, 5.41) is 0. The molecule has 0 amide bonds. The average Bonchev–Trinajstić information content (AvgIpc) is 2.83. The molecule has 0 aliphatic rings. The van der Waals surface area contributed by atoms with E-state index in [2.05, 4.69) is 15.6 Å². The van der Waals surface area contributed by atoms with E-state index in [1.54, 1.807) is 0 Å². The molecule has 126 valence electrons. The highest BCUT2D eigenvalue weighted by Gasteiger charge is 2.18. The number of benzene rings is 1. The zero-order chi connectivity index (χ0) is 17.2. The molecular weight excluding hydrogens is 300 g/mol. The van der Waals surface area contributed by atoms with Crippen LogP contribution in [-0.4, -0.2) is 26.7 Å². The molecule has 0 radical (unpaired) electrons. The lowest BCUT2D eigenvalue weighted by molar-refractivity contribution is 0.314. The van der Waals surface area contributed by atoms with Crippen molar-refractivity contribution in [3.8, 4) is 5.75 Å². The largest absolute Gasteiger partial charge is 0.493 e. The molecule has 5 nitrogen and oxygen atoms in total. The number of aryl methyl sites for hydroxylation is 1. The van der Waals surface area contributed by atoms with Gasteiger partial charge in [0.2, 0.25) is 0 Å². The van der Waals surface area contributed by atoms with Crippen LogP contribution in [0.3, 0.4) is 0 Å². The molecule has 2 heterocycles. The molecule has 24 heavy (non-hydrogen) atoms. The van der Waals surface area contributed by atoms with E-state index in [0.717, 1.165) is 28.3 Å². The number of ether oxygens (including phenoxy) is 1. The highest BCUT2D eigenvalue weighted by Crippen LogP contribution is 2.19. The number of nitrogens with two attached hydrogens (primary N) is 1. The minimum absolute atomic E-state index is 0.338. The van der Waals surface area contributed by atoms with Gasteiger partial charge in [0.05, 0.1) is 6.61 Å². The summed E-state index contributed by atoms with van der Waals surface area (Å²) < 4.78 is 7.92. The Hall–Kier alpha value is -2.40. The second kappa shape index (κ2) is 6.61. The Kier molecular flexibility index (Phi) is 4.53. The van der Waals surface area contributed by atoms with Crippen LogP contribution in [0.1, 0.15) is 25.2 Å². The van der Waals surface area contributed by atoms with Gasteiger partial charge in [0.25, 0.3) is 0 Å². The van der Waals surface area contributed by atoms with Crippen molar-refractivity contribution in [1.29, 1.82) is 0 Å². The summed E-state index contributed by atoms with van der Waals surface area (Å²) in [6, 6.07) is 11.9. The molecule has 0 aliphatic heterocycles. The SMILES string of the molecule is Cc1cnc2c(c1)nc(CCOc1ccccc1)n2CC(C)(C)N. The van der Waals surface area contributed by atoms with Gasteiger partial charge < -0.3 is 15.0 Å². The Balaban J connectivity index is 1.84. The van der Waals surface area contributed by atoms with Crippen LogP contribution >= 0.6 is 0 Å². The second-order valence-electron chi connectivity index (χ2n) is 6.87. The molecule has 1 aromatic carbocycles. The van der Waals surface area contributed by atoms with E-state index < -0.39 is 0 Å². The molecule has 0 aliphatic carbocycles. The van der Waals surface area contributed by atoms with Gasteiger partial charge in [-0.25, -0.2) is 9.97 Å². The van der Waals surface area contributed by atoms with Crippen LogP contribution in [0.2, 0.25) is 0 Å². The standard InChI is InChI=1S/C19H24N4O/c1-14-11-16-18(21-12-14)23(13-19(2,3)20)17(22-16)9-10-24-15-7-5-4-6-8-15/h4-8,11-12H,9-10,13,20H2,1-3H3. The lowest BCUT2D eigenvalue weighted by atomic mass is 10.1. The van der Waals surface area contributed by atoms with Crippen molar-refractivity contribution in [3.05, 3.63) is 54.0 Å². The Labute approximate surface area is 142 Å². The number of fused-ring (bicyclic) bond motifs is 1. The number of hydrogen-bond acceptors (Lipinski definition) is 4. The van der Waals surface area contributed by atoms with Crippen LogP contribution < -0.4 is 10.5 Å². The minimum Gasteiger partial charge on any atom is -0.493 e. The van der Waals surface area contributed by atoms with Crippen molar-refractivity contribution in [2.45, 2.75) is 39.3 Å². The van der Waals surface area contributed by atoms with Crippen LogP contribution in [0, 0.1) is 6.92 Å². The van der Waals surface area contributed by atoms with E-state index in [0.29, 0.717) is 19.6 Å². The van der Waals surface area contributed by atoms with Gasteiger partial charge in [-0.15, -0.1) is 0 Å². The third kappa shape index (κ3) is 3.92. The van der Waals surface area contributed by atoms with Crippen LogP contribution in [0.25, 0.3) is 11.2 Å². The first-order valence-electron chi connectivity index (χ1n) is 8.21. The first-order chi connectivity index (χ1) is 11.4. The van der Waals surface area contributed by atoms with Gasteiger partial charge in [0, 0.05) is 24.7 Å². The second-order valence-corrected chi connectivity index (χ2v) is 6.87. The molecule has 2 N–H and O–H groups in total. The molecule has 3 aromatic rings. The number of pyridine rings is 1. The van der Waals surface area contributed by atoms with Gasteiger partial charge in [0.1, 0.15) is 17.1 Å². The van der Waals surface area contributed by atoms with E-state index in [1.807, 2.05) is 57.3 Å². The maximum absolute atomic E-state index is 6.23. The molecule has 0 fully saturated rings. The Bertz CT molecular complexity index is 818. The molecule has 0 atom stereocenters. The number of nitrogens with zero attached hydrogens (tertiary/aromatic N) is 3. The summed E-state index contributed by atoms with van der Waals surface area (Å²) in [4.78, 5) is 9.31. The van der Waals surface area contributed by atoms with E-state index >= 15 is 0 Å². The molecule has 0 saturated carbocycles. The van der Waals surface area contributed by atoms with Crippen molar-refractivity contribution in [2.24, 2.45) is 5.73 Å². The summed E-state index contributed by atoms with van der Waals surface area (Å²) in [5.74, 6) is 1.82. The van der Waals surface area contributed by atoms with Crippen LogP contribution in [0.4, 0.5) is 0 Å². The predicted octanol–water partition coefficient (Wildman–Crippen LogP) is 3.10. The molecule has 5 heteroatoms. The van der Waals surface area contributed by atoms with E-state index in [9.17, 15) is 0 Å². The summed E-state index contributed by atoms with van der Waals surface area (Å²) in [5.41, 5.74) is 8.79. The summed E-state index contributed by atoms with van der Waals surface area (Å²) >= 11 is 0. The number of aromatic nitrogens is 3. The fourth-order valence-corrected chi connectivity index (χ4v) is 2.70. The van der Waals surface area contributed by atoms with Gasteiger partial charge >= 0.3 is 0 Å². The Morgan fingerprint density at radius 3 is 2.67 bits per heavy atom. The fraction of sp³-hybridized carbons (Fsp3) is 0.368. The molecule has 2 aromatic heterocycles. The van der Waals surface area contributed by atoms with E-state index in [-0.39, 0.29) is 5.54 Å². The third-order valence-electron chi connectivity index (χ3n) is 3.70.